The average Bonchev–Trinajstić information content (AvgIpc) is 3.45. The van der Waals surface area contributed by atoms with Crippen LogP contribution in [0.3, 0.4) is 0 Å². The van der Waals surface area contributed by atoms with Gasteiger partial charge in [-0.05, 0) is 18.6 Å². The van der Waals surface area contributed by atoms with Gasteiger partial charge in [0.1, 0.15) is 17.5 Å². The van der Waals surface area contributed by atoms with Crippen LogP contribution in [0.2, 0.25) is 15.1 Å². The molecule has 1 aliphatic heterocycles. The number of amides is 1. The molecule has 1 amide bonds. The van der Waals surface area contributed by atoms with E-state index in [1.54, 1.807) is 11.9 Å². The summed E-state index contributed by atoms with van der Waals surface area (Å²) in [4.78, 5) is 21.7. The third kappa shape index (κ3) is 4.70. The van der Waals surface area contributed by atoms with Gasteiger partial charge in [0.2, 0.25) is 11.7 Å². The molecule has 188 valence electrons. The predicted molar refractivity (Wildman–Crippen MR) is 125 cm³/mol. The Morgan fingerprint density at radius 2 is 1.86 bits per heavy atom. The highest BCUT2D eigenvalue weighted by atomic mass is 35.5. The second kappa shape index (κ2) is 9.13. The lowest BCUT2D eigenvalue weighted by atomic mass is 10.1. The van der Waals surface area contributed by atoms with E-state index in [4.69, 9.17) is 44.1 Å². The van der Waals surface area contributed by atoms with Crippen molar-refractivity contribution < 1.29 is 27.2 Å². The van der Waals surface area contributed by atoms with Gasteiger partial charge >= 0.3 is 6.18 Å². The first-order chi connectivity index (χ1) is 17.0. The van der Waals surface area contributed by atoms with Crippen LogP contribution in [-0.4, -0.2) is 50.0 Å². The molecule has 5 rings (SSSR count). The molecular formula is C22H15Cl3F3N5O3. The van der Waals surface area contributed by atoms with Crippen LogP contribution in [0, 0.1) is 0 Å². The van der Waals surface area contributed by atoms with E-state index >= 15 is 0 Å². The highest BCUT2D eigenvalue weighted by Crippen LogP contribution is 2.38. The van der Waals surface area contributed by atoms with Gasteiger partial charge < -0.3 is 18.6 Å². The average molecular weight is 561 g/mol. The van der Waals surface area contributed by atoms with Crippen molar-refractivity contribution in [2.45, 2.75) is 25.1 Å². The third-order valence-corrected chi connectivity index (χ3v) is 6.50. The molecule has 1 atom stereocenters. The van der Waals surface area contributed by atoms with E-state index in [0.29, 0.717) is 30.7 Å². The molecule has 1 aromatic carbocycles. The van der Waals surface area contributed by atoms with Crippen molar-refractivity contribution in [3.63, 3.8) is 0 Å². The van der Waals surface area contributed by atoms with Gasteiger partial charge in [0.05, 0.1) is 27.2 Å². The van der Waals surface area contributed by atoms with Crippen LogP contribution in [0.15, 0.2) is 35.1 Å². The zero-order chi connectivity index (χ0) is 25.8. The fourth-order valence-corrected chi connectivity index (χ4v) is 4.50. The van der Waals surface area contributed by atoms with Gasteiger partial charge in [0, 0.05) is 37.5 Å². The molecule has 0 radical (unpaired) electrons. The quantitative estimate of drug-likeness (QED) is 0.303. The Bertz CT molecular complexity index is 1490. The lowest BCUT2D eigenvalue weighted by Gasteiger charge is -2.30. The standard InChI is InChI=1S/C22H15Cl3F3N5O3/c1-32-8-11(2-3-18(32)34)35-17-6-13(23)12(5-14(17)24)19-30-21(36-31-19)16-9-33-7-10(22(26,27)28)4-15(25)20(33)29-16/h4-7,9,11H,2-3,8H2,1H3. The summed E-state index contributed by atoms with van der Waals surface area (Å²) in [5, 5.41) is 4.20. The number of ether oxygens (including phenoxy) is 1. The number of imidazole rings is 1. The van der Waals surface area contributed by atoms with Crippen molar-refractivity contribution >= 4 is 46.4 Å². The summed E-state index contributed by atoms with van der Waals surface area (Å²) in [6.45, 7) is 0.427. The van der Waals surface area contributed by atoms with E-state index in [0.717, 1.165) is 16.7 Å². The molecule has 3 aromatic heterocycles. The minimum atomic E-state index is -4.57. The summed E-state index contributed by atoms with van der Waals surface area (Å²) in [5.74, 6) is 0.430. The van der Waals surface area contributed by atoms with Crippen molar-refractivity contribution in [1.29, 1.82) is 0 Å². The summed E-state index contributed by atoms with van der Waals surface area (Å²) < 4.78 is 51.6. The number of rotatable bonds is 4. The highest BCUT2D eigenvalue weighted by molar-refractivity contribution is 6.36. The number of hydrogen-bond acceptors (Lipinski definition) is 6. The highest BCUT2D eigenvalue weighted by Gasteiger charge is 2.32. The molecule has 14 heteroatoms. The Hall–Kier alpha value is -3.02. The first-order valence-electron chi connectivity index (χ1n) is 10.5. The zero-order valence-corrected chi connectivity index (χ0v) is 20.6. The van der Waals surface area contributed by atoms with Crippen LogP contribution in [-0.2, 0) is 11.0 Å². The molecule has 0 aliphatic carbocycles. The van der Waals surface area contributed by atoms with E-state index in [1.807, 2.05) is 0 Å². The van der Waals surface area contributed by atoms with Crippen molar-refractivity contribution in [2.75, 3.05) is 13.6 Å². The fraction of sp³-hybridized carbons (Fsp3) is 0.273. The Labute approximate surface area is 216 Å². The number of piperidine rings is 1. The first kappa shape index (κ1) is 24.7. The third-order valence-electron chi connectivity index (χ3n) is 5.62. The van der Waals surface area contributed by atoms with Crippen molar-refractivity contribution in [3.05, 3.63) is 51.2 Å². The van der Waals surface area contributed by atoms with Crippen LogP contribution < -0.4 is 4.74 Å². The van der Waals surface area contributed by atoms with Gasteiger partial charge in [0.25, 0.3) is 5.89 Å². The fourth-order valence-electron chi connectivity index (χ4n) is 3.79. The topological polar surface area (TPSA) is 85.8 Å². The smallest absolute Gasteiger partial charge is 0.417 e. The van der Waals surface area contributed by atoms with Crippen LogP contribution in [0.1, 0.15) is 18.4 Å². The molecule has 36 heavy (non-hydrogen) atoms. The normalized spacial score (nSPS) is 16.7. The molecule has 0 bridgehead atoms. The summed E-state index contributed by atoms with van der Waals surface area (Å²) in [7, 11) is 1.70. The van der Waals surface area contributed by atoms with E-state index in [-0.39, 0.29) is 50.1 Å². The maximum atomic E-state index is 13.1. The Kier molecular flexibility index (Phi) is 6.26. The summed E-state index contributed by atoms with van der Waals surface area (Å²) in [6, 6.07) is 3.83. The van der Waals surface area contributed by atoms with Crippen LogP contribution >= 0.6 is 34.8 Å². The van der Waals surface area contributed by atoms with Gasteiger partial charge in [-0.1, -0.05) is 40.0 Å². The molecule has 8 nitrogen and oxygen atoms in total. The molecule has 1 aliphatic rings. The SMILES string of the molecule is CN1CC(Oc2cc(Cl)c(-c3noc(-c4cn5cc(C(F)(F)F)cc(Cl)c5n4)n3)cc2Cl)CCC1=O. The van der Waals surface area contributed by atoms with Crippen molar-refractivity contribution in [1.82, 2.24) is 24.4 Å². The number of carbonyl (C=O) groups excluding carboxylic acids is 1. The van der Waals surface area contributed by atoms with E-state index in [1.165, 1.54) is 18.3 Å². The number of alkyl halides is 3. The predicted octanol–water partition coefficient (Wildman–Crippen LogP) is 6.03. The molecule has 1 saturated heterocycles. The van der Waals surface area contributed by atoms with Gasteiger partial charge in [-0.3, -0.25) is 4.79 Å². The number of likely N-dealkylation sites (N-methyl/N-ethyl adjacent to an activating group) is 1. The molecular weight excluding hydrogens is 546 g/mol. The van der Waals surface area contributed by atoms with Crippen LogP contribution in [0.4, 0.5) is 13.2 Å². The molecule has 4 aromatic rings. The Morgan fingerprint density at radius 1 is 1.08 bits per heavy atom. The number of hydrogen-bond donors (Lipinski definition) is 0. The lowest BCUT2D eigenvalue weighted by Crippen LogP contribution is -2.42. The minimum Gasteiger partial charge on any atom is -0.487 e. The number of fused-ring (bicyclic) bond motifs is 1. The number of nitrogens with zero attached hydrogens (tertiary/aromatic N) is 5. The number of halogens is 6. The molecule has 0 N–H and O–H groups in total. The van der Waals surface area contributed by atoms with E-state index in [9.17, 15) is 18.0 Å². The number of pyridine rings is 1. The first-order valence-corrected chi connectivity index (χ1v) is 11.6. The largest absolute Gasteiger partial charge is 0.487 e. The second-order valence-corrected chi connectivity index (χ2v) is 9.39. The minimum absolute atomic E-state index is 0.0518. The molecule has 0 spiro atoms. The summed E-state index contributed by atoms with van der Waals surface area (Å²) >= 11 is 18.8. The van der Waals surface area contributed by atoms with Gasteiger partial charge in [-0.2, -0.15) is 18.2 Å². The molecule has 4 heterocycles. The summed E-state index contributed by atoms with van der Waals surface area (Å²) in [5.41, 5.74) is -0.364. The van der Waals surface area contributed by atoms with E-state index in [2.05, 4.69) is 15.1 Å². The zero-order valence-electron chi connectivity index (χ0n) is 18.3. The Morgan fingerprint density at radius 3 is 2.58 bits per heavy atom. The second-order valence-electron chi connectivity index (χ2n) is 8.17. The van der Waals surface area contributed by atoms with Crippen molar-refractivity contribution in [3.8, 4) is 28.7 Å². The number of aromatic nitrogens is 4. The van der Waals surface area contributed by atoms with Gasteiger partial charge in [-0.15, -0.1) is 0 Å². The monoisotopic (exact) mass is 559 g/mol. The van der Waals surface area contributed by atoms with Gasteiger partial charge in [-0.25, -0.2) is 4.98 Å². The number of carbonyl (C=O) groups is 1. The molecule has 1 unspecified atom stereocenters. The molecule has 1 fully saturated rings. The number of benzene rings is 1. The molecule has 0 saturated carbocycles. The van der Waals surface area contributed by atoms with E-state index < -0.39 is 11.7 Å². The maximum Gasteiger partial charge on any atom is 0.417 e. The Balaban J connectivity index is 1.41. The lowest BCUT2D eigenvalue weighted by molar-refractivity contribution is -0.138. The van der Waals surface area contributed by atoms with Crippen molar-refractivity contribution in [2.24, 2.45) is 0 Å². The van der Waals surface area contributed by atoms with Gasteiger partial charge in [0.15, 0.2) is 5.65 Å². The number of likely N-dealkylation sites (tertiary alicyclic amines) is 1. The summed E-state index contributed by atoms with van der Waals surface area (Å²) in [6.07, 6.45) is -1.71. The van der Waals surface area contributed by atoms with Crippen LogP contribution in [0.25, 0.3) is 28.6 Å². The maximum absolute atomic E-state index is 13.1. The van der Waals surface area contributed by atoms with Crippen LogP contribution in [0.5, 0.6) is 5.75 Å².